The number of carbonyl (C=O) groups excluding carboxylic acids is 1. The zero-order chi connectivity index (χ0) is 27.2. The van der Waals surface area contributed by atoms with Crippen LogP contribution in [0.3, 0.4) is 0 Å². The molecule has 39 heavy (non-hydrogen) atoms. The standard InChI is InChI=1S/C28H33N5O5S/c1-31-15-17-32(18-16-31)28-25(8-5-13-29-28)23-6-4-7-24(20-23)39(35,36)33-14-12-22(21-33)10-11-26(34)30-38-27-9-2-3-19-37-27/h4-8,10-14,20-21,27H,2-3,9,15-19H2,1H3,(H,30,34)/b11-10+. The Labute approximate surface area is 228 Å². The molecule has 1 aromatic carbocycles. The van der Waals surface area contributed by atoms with Gasteiger partial charge in [0.15, 0.2) is 6.29 Å². The van der Waals surface area contributed by atoms with E-state index in [9.17, 15) is 13.2 Å². The zero-order valence-corrected chi connectivity index (χ0v) is 22.7. The predicted molar refractivity (Wildman–Crippen MR) is 148 cm³/mol. The van der Waals surface area contributed by atoms with Gasteiger partial charge in [-0.3, -0.25) is 4.79 Å². The fourth-order valence-electron chi connectivity index (χ4n) is 4.61. The molecule has 1 N–H and O–H groups in total. The molecule has 0 aliphatic carbocycles. The van der Waals surface area contributed by atoms with Crippen molar-refractivity contribution >= 4 is 27.8 Å². The second-order valence-corrected chi connectivity index (χ2v) is 11.5. The Bertz CT molecular complexity index is 1420. The third-order valence-electron chi connectivity index (χ3n) is 6.86. The minimum absolute atomic E-state index is 0.165. The summed E-state index contributed by atoms with van der Waals surface area (Å²) in [7, 11) is -1.76. The van der Waals surface area contributed by atoms with E-state index >= 15 is 0 Å². The highest BCUT2D eigenvalue weighted by atomic mass is 32.2. The van der Waals surface area contributed by atoms with Gasteiger partial charge in [0.25, 0.3) is 15.9 Å². The molecule has 1 atom stereocenters. The highest BCUT2D eigenvalue weighted by Gasteiger charge is 2.21. The fourth-order valence-corrected chi connectivity index (χ4v) is 5.86. The van der Waals surface area contributed by atoms with Crippen LogP contribution in [0.1, 0.15) is 24.8 Å². The molecular formula is C28H33N5O5S. The van der Waals surface area contributed by atoms with Crippen molar-refractivity contribution < 1.29 is 22.8 Å². The number of amides is 1. The van der Waals surface area contributed by atoms with Crippen LogP contribution < -0.4 is 10.4 Å². The number of pyridine rings is 1. The smallest absolute Gasteiger partial charge is 0.267 e. The van der Waals surface area contributed by atoms with Crippen LogP contribution in [0.4, 0.5) is 5.82 Å². The Kier molecular flexibility index (Phi) is 8.41. The molecule has 10 nitrogen and oxygen atoms in total. The first-order valence-corrected chi connectivity index (χ1v) is 14.5. The third-order valence-corrected chi connectivity index (χ3v) is 8.49. The van der Waals surface area contributed by atoms with E-state index < -0.39 is 22.2 Å². The topological polar surface area (TPSA) is 106 Å². The lowest BCUT2D eigenvalue weighted by molar-refractivity contribution is -0.198. The van der Waals surface area contributed by atoms with Crippen LogP contribution in [-0.4, -0.2) is 74.3 Å². The number of aromatic nitrogens is 2. The Morgan fingerprint density at radius 1 is 1.13 bits per heavy atom. The highest BCUT2D eigenvalue weighted by Crippen LogP contribution is 2.31. The minimum Gasteiger partial charge on any atom is -0.354 e. The second-order valence-electron chi connectivity index (χ2n) is 9.69. The lowest BCUT2D eigenvalue weighted by Crippen LogP contribution is -2.45. The molecule has 2 aromatic heterocycles. The molecule has 1 unspecified atom stereocenters. The molecule has 206 valence electrons. The summed E-state index contributed by atoms with van der Waals surface area (Å²) in [6.45, 7) is 4.21. The van der Waals surface area contributed by atoms with Gasteiger partial charge in [-0.25, -0.2) is 27.7 Å². The van der Waals surface area contributed by atoms with Gasteiger partial charge in [-0.2, -0.15) is 0 Å². The van der Waals surface area contributed by atoms with Crippen LogP contribution >= 0.6 is 0 Å². The van der Waals surface area contributed by atoms with Gasteiger partial charge in [-0.15, -0.1) is 0 Å². The van der Waals surface area contributed by atoms with Gasteiger partial charge in [0.1, 0.15) is 5.82 Å². The SMILES string of the molecule is CN1CCN(c2ncccc2-c2cccc(S(=O)(=O)n3ccc(/C=C/C(=O)NOC4CCCCO4)c3)c2)CC1. The quantitative estimate of drug-likeness (QED) is 0.336. The number of hydrogen-bond donors (Lipinski definition) is 1. The summed E-state index contributed by atoms with van der Waals surface area (Å²) in [6, 6.07) is 12.4. The van der Waals surface area contributed by atoms with E-state index in [0.29, 0.717) is 12.2 Å². The van der Waals surface area contributed by atoms with Gasteiger partial charge in [0.05, 0.1) is 4.90 Å². The molecule has 2 saturated heterocycles. The average molecular weight is 552 g/mol. The van der Waals surface area contributed by atoms with Crippen molar-refractivity contribution in [2.45, 2.75) is 30.4 Å². The van der Waals surface area contributed by atoms with Gasteiger partial charge in [-0.1, -0.05) is 12.1 Å². The Balaban J connectivity index is 1.30. The molecule has 0 bridgehead atoms. The molecular weight excluding hydrogens is 518 g/mol. The van der Waals surface area contributed by atoms with Crippen LogP contribution in [0.5, 0.6) is 0 Å². The van der Waals surface area contributed by atoms with Crippen molar-refractivity contribution in [1.29, 1.82) is 0 Å². The van der Waals surface area contributed by atoms with Gasteiger partial charge in [0.2, 0.25) is 0 Å². The summed E-state index contributed by atoms with van der Waals surface area (Å²) in [6.07, 6.45) is 9.77. The minimum atomic E-state index is -3.86. The first-order chi connectivity index (χ1) is 18.9. The summed E-state index contributed by atoms with van der Waals surface area (Å²) in [5.41, 5.74) is 4.58. The summed E-state index contributed by atoms with van der Waals surface area (Å²) >= 11 is 0. The van der Waals surface area contributed by atoms with Crippen molar-refractivity contribution in [3.8, 4) is 11.1 Å². The molecule has 5 rings (SSSR count). The number of benzene rings is 1. The van der Waals surface area contributed by atoms with E-state index in [1.54, 1.807) is 30.5 Å². The molecule has 11 heteroatoms. The summed E-state index contributed by atoms with van der Waals surface area (Å²) in [5.74, 6) is 0.394. The number of ether oxygens (including phenoxy) is 1. The van der Waals surface area contributed by atoms with Crippen molar-refractivity contribution in [3.05, 3.63) is 72.7 Å². The van der Waals surface area contributed by atoms with E-state index in [2.05, 4.69) is 27.3 Å². The van der Waals surface area contributed by atoms with Crippen molar-refractivity contribution in [2.24, 2.45) is 0 Å². The number of carbonyl (C=O) groups is 1. The summed E-state index contributed by atoms with van der Waals surface area (Å²) in [4.78, 5) is 26.7. The molecule has 0 saturated carbocycles. The molecule has 3 aromatic rings. The van der Waals surface area contributed by atoms with Crippen LogP contribution in [0.15, 0.2) is 72.0 Å². The van der Waals surface area contributed by atoms with E-state index in [1.807, 2.05) is 18.2 Å². The summed E-state index contributed by atoms with van der Waals surface area (Å²) < 4.78 is 33.5. The van der Waals surface area contributed by atoms with Crippen LogP contribution in [-0.2, 0) is 24.4 Å². The number of anilines is 1. The summed E-state index contributed by atoms with van der Waals surface area (Å²) in [5, 5.41) is 0. The number of piperazine rings is 1. The molecule has 2 fully saturated rings. The number of nitrogens with zero attached hydrogens (tertiary/aromatic N) is 4. The lowest BCUT2D eigenvalue weighted by Gasteiger charge is -2.34. The van der Waals surface area contributed by atoms with Crippen molar-refractivity contribution in [1.82, 2.24) is 19.3 Å². The van der Waals surface area contributed by atoms with Crippen LogP contribution in [0.2, 0.25) is 0 Å². The number of rotatable bonds is 8. The molecule has 0 spiro atoms. The molecule has 4 heterocycles. The van der Waals surface area contributed by atoms with Gasteiger partial charge < -0.3 is 14.5 Å². The number of hydrogen-bond acceptors (Lipinski definition) is 8. The van der Waals surface area contributed by atoms with E-state index in [-0.39, 0.29) is 4.90 Å². The second kappa shape index (κ2) is 12.1. The van der Waals surface area contributed by atoms with Crippen LogP contribution in [0, 0.1) is 0 Å². The predicted octanol–water partition coefficient (Wildman–Crippen LogP) is 3.13. The monoisotopic (exact) mass is 551 g/mol. The normalized spacial score (nSPS) is 18.9. The molecule has 1 amide bonds. The number of nitrogens with one attached hydrogen (secondary N) is 1. The van der Waals surface area contributed by atoms with Crippen molar-refractivity contribution in [3.63, 3.8) is 0 Å². The first kappa shape index (κ1) is 27.1. The molecule has 2 aliphatic heterocycles. The number of likely N-dealkylation sites (N-methyl/N-ethyl adjacent to an activating group) is 1. The third kappa shape index (κ3) is 6.56. The Hall–Kier alpha value is -3.51. The van der Waals surface area contributed by atoms with Crippen LogP contribution in [0.25, 0.3) is 17.2 Å². The largest absolute Gasteiger partial charge is 0.354 e. The highest BCUT2D eigenvalue weighted by molar-refractivity contribution is 7.90. The fraction of sp³-hybridized carbons (Fsp3) is 0.357. The molecule has 2 aliphatic rings. The number of hydroxylamine groups is 1. The lowest BCUT2D eigenvalue weighted by atomic mass is 10.1. The Morgan fingerprint density at radius 2 is 1.97 bits per heavy atom. The van der Waals surface area contributed by atoms with E-state index in [1.165, 1.54) is 24.5 Å². The molecule has 0 radical (unpaired) electrons. The van der Waals surface area contributed by atoms with E-state index in [4.69, 9.17) is 9.57 Å². The first-order valence-electron chi connectivity index (χ1n) is 13.1. The van der Waals surface area contributed by atoms with Gasteiger partial charge in [-0.05, 0) is 67.4 Å². The van der Waals surface area contributed by atoms with E-state index in [0.717, 1.165) is 66.4 Å². The van der Waals surface area contributed by atoms with Gasteiger partial charge in [0, 0.05) is 69.4 Å². The van der Waals surface area contributed by atoms with Crippen molar-refractivity contribution in [2.75, 3.05) is 44.7 Å². The maximum atomic E-state index is 13.5. The Morgan fingerprint density at radius 3 is 2.77 bits per heavy atom. The maximum absolute atomic E-state index is 13.5. The maximum Gasteiger partial charge on any atom is 0.267 e. The average Bonchev–Trinajstić information content (AvgIpc) is 3.46. The van der Waals surface area contributed by atoms with Gasteiger partial charge >= 0.3 is 0 Å². The zero-order valence-electron chi connectivity index (χ0n) is 21.9.